The van der Waals surface area contributed by atoms with Crippen LogP contribution in [0.15, 0.2) is 42.5 Å². The Balaban J connectivity index is 1.49. The fourth-order valence-corrected chi connectivity index (χ4v) is 3.21. The average molecular weight is 322 g/mol. The molecule has 1 aliphatic heterocycles. The quantitative estimate of drug-likeness (QED) is 0.720. The number of Topliss-reactive ketones (excluding diaryl/α,β-unsaturated/α-hetero) is 1. The third kappa shape index (κ3) is 4.47. The van der Waals surface area contributed by atoms with Crippen LogP contribution in [0.3, 0.4) is 0 Å². The summed E-state index contributed by atoms with van der Waals surface area (Å²) in [5.41, 5.74) is 5.18. The zero-order valence-corrected chi connectivity index (χ0v) is 14.5. The van der Waals surface area contributed by atoms with Gasteiger partial charge in [0.15, 0.2) is 0 Å². The highest BCUT2D eigenvalue weighted by molar-refractivity contribution is 5.82. The van der Waals surface area contributed by atoms with Gasteiger partial charge in [-0.1, -0.05) is 43.3 Å². The van der Waals surface area contributed by atoms with Crippen LogP contribution in [0.4, 0.5) is 0 Å². The molecule has 0 atom stereocenters. The number of benzene rings is 2. The Morgan fingerprint density at radius 2 is 1.58 bits per heavy atom. The number of unbranched alkanes of at least 4 members (excludes halogenated alkanes) is 1. The van der Waals surface area contributed by atoms with E-state index in [1.807, 2.05) is 0 Å². The van der Waals surface area contributed by atoms with Gasteiger partial charge in [0.2, 0.25) is 0 Å². The lowest BCUT2D eigenvalue weighted by Crippen LogP contribution is -2.02. The zero-order valence-electron chi connectivity index (χ0n) is 14.5. The Kier molecular flexibility index (Phi) is 5.68. The van der Waals surface area contributed by atoms with Gasteiger partial charge in [0, 0.05) is 18.4 Å². The van der Waals surface area contributed by atoms with Crippen molar-refractivity contribution in [3.8, 4) is 5.75 Å². The van der Waals surface area contributed by atoms with Crippen LogP contribution in [0.5, 0.6) is 5.75 Å². The van der Waals surface area contributed by atoms with Crippen molar-refractivity contribution in [2.75, 3.05) is 6.61 Å². The number of ketones is 1. The second-order valence-corrected chi connectivity index (χ2v) is 6.63. The summed E-state index contributed by atoms with van der Waals surface area (Å²) in [6.45, 7) is 2.71. The van der Waals surface area contributed by atoms with E-state index in [4.69, 9.17) is 4.74 Å². The molecule has 0 saturated carbocycles. The van der Waals surface area contributed by atoms with Crippen LogP contribution < -0.4 is 4.74 Å². The molecular formula is C22H26O2. The van der Waals surface area contributed by atoms with Crippen molar-refractivity contribution in [2.45, 2.75) is 51.9 Å². The molecule has 0 amide bonds. The van der Waals surface area contributed by atoms with Crippen molar-refractivity contribution >= 4 is 5.78 Å². The molecule has 1 heterocycles. The third-order valence-corrected chi connectivity index (χ3v) is 4.77. The lowest BCUT2D eigenvalue weighted by molar-refractivity contribution is -0.118. The summed E-state index contributed by atoms with van der Waals surface area (Å²) in [5, 5.41) is 0. The molecule has 2 nitrogen and oxygen atoms in total. The lowest BCUT2D eigenvalue weighted by atomic mass is 10.00. The molecule has 0 fully saturated rings. The lowest BCUT2D eigenvalue weighted by Gasteiger charge is -2.09. The molecule has 2 heteroatoms. The maximum absolute atomic E-state index is 11.6. The molecule has 1 aliphatic rings. The third-order valence-electron chi connectivity index (χ3n) is 4.77. The van der Waals surface area contributed by atoms with Gasteiger partial charge in [0.1, 0.15) is 11.5 Å². The monoisotopic (exact) mass is 322 g/mol. The minimum absolute atomic E-state index is 0.274. The van der Waals surface area contributed by atoms with Crippen molar-refractivity contribution in [3.63, 3.8) is 0 Å². The first-order valence-electron chi connectivity index (χ1n) is 9.08. The van der Waals surface area contributed by atoms with Gasteiger partial charge < -0.3 is 4.74 Å². The summed E-state index contributed by atoms with van der Waals surface area (Å²) < 4.78 is 5.74. The minimum Gasteiger partial charge on any atom is -0.493 e. The van der Waals surface area contributed by atoms with Gasteiger partial charge in [-0.3, -0.25) is 4.79 Å². The number of aryl methyl sites for hydroxylation is 3. The van der Waals surface area contributed by atoms with E-state index in [1.165, 1.54) is 29.5 Å². The zero-order chi connectivity index (χ0) is 16.8. The SMILES string of the molecule is CCc1ccc(CCCCc2ccc3c(c2)OCCC(=O)C3)cc1. The van der Waals surface area contributed by atoms with E-state index in [1.54, 1.807) is 0 Å². The summed E-state index contributed by atoms with van der Waals surface area (Å²) >= 11 is 0. The van der Waals surface area contributed by atoms with Gasteiger partial charge in [0.05, 0.1) is 6.61 Å². The Bertz CT molecular complexity index is 686. The second kappa shape index (κ2) is 8.14. The molecule has 0 aromatic heterocycles. The van der Waals surface area contributed by atoms with Crippen LogP contribution in [-0.4, -0.2) is 12.4 Å². The topological polar surface area (TPSA) is 26.3 Å². The summed E-state index contributed by atoms with van der Waals surface area (Å²) in [7, 11) is 0. The smallest absolute Gasteiger partial charge is 0.140 e. The van der Waals surface area contributed by atoms with Gasteiger partial charge in [-0.25, -0.2) is 0 Å². The number of carbonyl (C=O) groups excluding carboxylic acids is 1. The van der Waals surface area contributed by atoms with E-state index in [0.717, 1.165) is 30.6 Å². The standard InChI is InChI=1S/C22H26O2/c1-2-17-7-9-18(10-8-17)5-3-4-6-19-11-12-20-16-21(23)13-14-24-22(20)15-19/h7-12,15H,2-6,13-14,16H2,1H3. The Hall–Kier alpha value is -2.09. The van der Waals surface area contributed by atoms with Crippen LogP contribution in [0.2, 0.25) is 0 Å². The molecule has 0 bridgehead atoms. The summed E-state index contributed by atoms with van der Waals surface area (Å²) in [4.78, 5) is 11.6. The number of rotatable bonds is 6. The molecule has 0 saturated heterocycles. The van der Waals surface area contributed by atoms with Crippen LogP contribution in [-0.2, 0) is 30.5 Å². The van der Waals surface area contributed by atoms with E-state index in [2.05, 4.69) is 49.4 Å². The maximum atomic E-state index is 11.6. The molecule has 2 aromatic carbocycles. The van der Waals surface area contributed by atoms with Crippen LogP contribution in [0.25, 0.3) is 0 Å². The molecule has 24 heavy (non-hydrogen) atoms. The Morgan fingerprint density at radius 1 is 0.917 bits per heavy atom. The highest BCUT2D eigenvalue weighted by Gasteiger charge is 2.14. The summed E-state index contributed by atoms with van der Waals surface area (Å²) in [6.07, 6.45) is 6.73. The van der Waals surface area contributed by atoms with E-state index in [9.17, 15) is 4.79 Å². The van der Waals surface area contributed by atoms with Crippen LogP contribution in [0, 0.1) is 0 Å². The number of carbonyl (C=O) groups is 1. The van der Waals surface area contributed by atoms with Crippen molar-refractivity contribution in [3.05, 3.63) is 64.7 Å². The van der Waals surface area contributed by atoms with E-state index in [-0.39, 0.29) is 5.78 Å². The van der Waals surface area contributed by atoms with Crippen molar-refractivity contribution in [2.24, 2.45) is 0 Å². The predicted octanol–water partition coefficient (Wildman–Crippen LogP) is 4.71. The molecule has 126 valence electrons. The molecule has 0 unspecified atom stereocenters. The molecular weight excluding hydrogens is 296 g/mol. The fraction of sp³-hybridized carbons (Fsp3) is 0.409. The molecule has 2 aromatic rings. The van der Waals surface area contributed by atoms with Gasteiger partial charge >= 0.3 is 0 Å². The molecule has 0 N–H and O–H groups in total. The van der Waals surface area contributed by atoms with Crippen LogP contribution >= 0.6 is 0 Å². The Labute approximate surface area is 144 Å². The summed E-state index contributed by atoms with van der Waals surface area (Å²) in [5.74, 6) is 1.18. The summed E-state index contributed by atoms with van der Waals surface area (Å²) in [6, 6.07) is 15.3. The highest BCUT2D eigenvalue weighted by atomic mass is 16.5. The molecule has 3 rings (SSSR count). The first-order valence-corrected chi connectivity index (χ1v) is 9.08. The van der Waals surface area contributed by atoms with E-state index in [0.29, 0.717) is 19.4 Å². The van der Waals surface area contributed by atoms with Gasteiger partial charge in [-0.15, -0.1) is 0 Å². The largest absolute Gasteiger partial charge is 0.493 e. The van der Waals surface area contributed by atoms with E-state index >= 15 is 0 Å². The number of fused-ring (bicyclic) bond motifs is 1. The first kappa shape index (κ1) is 16.8. The Morgan fingerprint density at radius 3 is 2.33 bits per heavy atom. The van der Waals surface area contributed by atoms with E-state index < -0.39 is 0 Å². The first-order chi connectivity index (χ1) is 11.7. The maximum Gasteiger partial charge on any atom is 0.140 e. The normalized spacial score (nSPS) is 14.0. The fourth-order valence-electron chi connectivity index (χ4n) is 3.21. The second-order valence-electron chi connectivity index (χ2n) is 6.63. The van der Waals surface area contributed by atoms with Crippen molar-refractivity contribution in [1.29, 1.82) is 0 Å². The highest BCUT2D eigenvalue weighted by Crippen LogP contribution is 2.25. The minimum atomic E-state index is 0.274. The van der Waals surface area contributed by atoms with Gasteiger partial charge in [-0.2, -0.15) is 0 Å². The average Bonchev–Trinajstić information content (AvgIpc) is 2.79. The van der Waals surface area contributed by atoms with Gasteiger partial charge in [0.25, 0.3) is 0 Å². The predicted molar refractivity (Wildman–Crippen MR) is 97.7 cm³/mol. The number of ether oxygens (including phenoxy) is 1. The number of hydrogen-bond donors (Lipinski definition) is 0. The molecule has 0 aliphatic carbocycles. The van der Waals surface area contributed by atoms with Crippen molar-refractivity contribution < 1.29 is 9.53 Å². The number of hydrogen-bond acceptors (Lipinski definition) is 2. The van der Waals surface area contributed by atoms with Gasteiger partial charge in [-0.05, 0) is 54.9 Å². The molecule has 0 radical (unpaired) electrons. The molecule has 0 spiro atoms. The van der Waals surface area contributed by atoms with Crippen LogP contribution in [0.1, 0.15) is 48.4 Å². The van der Waals surface area contributed by atoms with Crippen molar-refractivity contribution in [1.82, 2.24) is 0 Å².